The van der Waals surface area contributed by atoms with Gasteiger partial charge in [-0.1, -0.05) is 0 Å². The zero-order chi connectivity index (χ0) is 14.4. The van der Waals surface area contributed by atoms with Crippen LogP contribution in [0.3, 0.4) is 0 Å². The van der Waals surface area contributed by atoms with Crippen LogP contribution in [0.1, 0.15) is 18.7 Å². The van der Waals surface area contributed by atoms with E-state index in [0.717, 1.165) is 0 Å². The second-order valence-corrected chi connectivity index (χ2v) is 4.20. The predicted octanol–water partition coefficient (Wildman–Crippen LogP) is 2.05. The number of halogens is 1. The van der Waals surface area contributed by atoms with Gasteiger partial charge in [0.1, 0.15) is 17.4 Å². The summed E-state index contributed by atoms with van der Waals surface area (Å²) in [7, 11) is 0. The molecule has 1 amide bonds. The first kappa shape index (κ1) is 14.0. The molecule has 0 unspecified atom stereocenters. The molecule has 2 N–H and O–H groups in total. The normalized spacial score (nSPS) is 10.3. The van der Waals surface area contributed by atoms with Crippen LogP contribution in [0.15, 0.2) is 24.3 Å². The largest absolute Gasteiger partial charge is 0.494 e. The lowest BCUT2D eigenvalue weighted by Gasteiger charge is -2.05. The number of H-pyrrole nitrogens is 1. The Morgan fingerprint density at radius 2 is 2.15 bits per heavy atom. The van der Waals surface area contributed by atoms with E-state index in [0.29, 0.717) is 31.0 Å². The van der Waals surface area contributed by atoms with Gasteiger partial charge in [0.05, 0.1) is 6.61 Å². The highest BCUT2D eigenvalue weighted by atomic mass is 19.1. The number of hydrogen-bond acceptors (Lipinski definition) is 4. The first-order valence-corrected chi connectivity index (χ1v) is 6.21. The molecule has 1 aromatic carbocycles. The zero-order valence-corrected chi connectivity index (χ0v) is 11.0. The van der Waals surface area contributed by atoms with Gasteiger partial charge in [0.2, 0.25) is 11.9 Å². The Balaban J connectivity index is 1.65. The monoisotopic (exact) mass is 278 g/mol. The molecule has 2 aromatic rings. The molecule has 2 rings (SSSR count). The van der Waals surface area contributed by atoms with E-state index in [-0.39, 0.29) is 17.7 Å². The topological polar surface area (TPSA) is 79.9 Å². The van der Waals surface area contributed by atoms with Gasteiger partial charge in [-0.05, 0) is 37.6 Å². The maximum Gasteiger partial charge on any atom is 0.248 e. The minimum Gasteiger partial charge on any atom is -0.494 e. The zero-order valence-electron chi connectivity index (χ0n) is 11.0. The Morgan fingerprint density at radius 3 is 2.80 bits per heavy atom. The van der Waals surface area contributed by atoms with Crippen molar-refractivity contribution in [2.24, 2.45) is 0 Å². The number of benzene rings is 1. The Kier molecular flexibility index (Phi) is 4.65. The summed E-state index contributed by atoms with van der Waals surface area (Å²) in [5.74, 6) is 1.01. The van der Waals surface area contributed by atoms with Crippen LogP contribution in [0.25, 0.3) is 0 Å². The molecule has 0 bridgehead atoms. The first-order valence-electron chi connectivity index (χ1n) is 6.21. The molecular formula is C13H15FN4O2. The molecule has 0 radical (unpaired) electrons. The molecule has 1 heterocycles. The fourth-order valence-corrected chi connectivity index (χ4v) is 1.54. The van der Waals surface area contributed by atoms with Crippen LogP contribution in [-0.2, 0) is 4.79 Å². The third-order valence-electron chi connectivity index (χ3n) is 2.48. The molecule has 0 saturated heterocycles. The first-order chi connectivity index (χ1) is 9.63. The van der Waals surface area contributed by atoms with Gasteiger partial charge >= 0.3 is 0 Å². The lowest BCUT2D eigenvalue weighted by Crippen LogP contribution is -2.13. The van der Waals surface area contributed by atoms with Crippen molar-refractivity contribution in [1.82, 2.24) is 15.2 Å². The van der Waals surface area contributed by atoms with Crippen molar-refractivity contribution in [3.63, 3.8) is 0 Å². The summed E-state index contributed by atoms with van der Waals surface area (Å²) in [6, 6.07) is 5.75. The highest BCUT2D eigenvalue weighted by Gasteiger charge is 2.06. The number of rotatable bonds is 6. The maximum atomic E-state index is 12.7. The van der Waals surface area contributed by atoms with Crippen LogP contribution >= 0.6 is 0 Å². The quantitative estimate of drug-likeness (QED) is 0.792. The molecule has 0 aliphatic rings. The van der Waals surface area contributed by atoms with E-state index >= 15 is 0 Å². The Labute approximate surface area is 115 Å². The van der Waals surface area contributed by atoms with E-state index in [1.54, 1.807) is 19.1 Å². The standard InChI is InChI=1S/C13H15FN4O2/c1-9-15-13(18-17-9)16-12(19)3-2-8-20-11-6-4-10(14)5-7-11/h4-7H,2-3,8H2,1H3,(H2,15,16,17,18,19). The number of carbonyl (C=O) groups excluding carboxylic acids is 1. The summed E-state index contributed by atoms with van der Waals surface area (Å²) in [5, 5.41) is 9.01. The van der Waals surface area contributed by atoms with Gasteiger partial charge in [-0.2, -0.15) is 4.98 Å². The minimum absolute atomic E-state index is 0.174. The molecule has 0 aliphatic heterocycles. The molecular weight excluding hydrogens is 263 g/mol. The van der Waals surface area contributed by atoms with Gasteiger partial charge in [0.25, 0.3) is 0 Å². The molecule has 20 heavy (non-hydrogen) atoms. The van der Waals surface area contributed by atoms with Gasteiger partial charge in [-0.25, -0.2) is 4.39 Å². The third-order valence-corrected chi connectivity index (χ3v) is 2.48. The molecule has 0 fully saturated rings. The number of nitrogens with zero attached hydrogens (tertiary/aromatic N) is 2. The number of carbonyl (C=O) groups is 1. The van der Waals surface area contributed by atoms with E-state index in [1.165, 1.54) is 12.1 Å². The Hall–Kier alpha value is -2.44. The van der Waals surface area contributed by atoms with Gasteiger partial charge < -0.3 is 4.74 Å². The molecule has 0 spiro atoms. The summed E-state index contributed by atoms with van der Waals surface area (Å²) in [6.07, 6.45) is 0.849. The van der Waals surface area contributed by atoms with Crippen molar-refractivity contribution < 1.29 is 13.9 Å². The van der Waals surface area contributed by atoms with Crippen LogP contribution < -0.4 is 10.1 Å². The third kappa shape index (κ3) is 4.34. The molecule has 0 aliphatic carbocycles. The van der Waals surface area contributed by atoms with Crippen molar-refractivity contribution in [2.45, 2.75) is 19.8 Å². The smallest absolute Gasteiger partial charge is 0.248 e. The molecule has 6 nitrogen and oxygen atoms in total. The maximum absolute atomic E-state index is 12.7. The Bertz CT molecular complexity index is 568. The average Bonchev–Trinajstić information content (AvgIpc) is 2.82. The van der Waals surface area contributed by atoms with Crippen molar-refractivity contribution in [1.29, 1.82) is 0 Å². The second-order valence-electron chi connectivity index (χ2n) is 4.20. The summed E-state index contributed by atoms with van der Waals surface area (Å²) in [4.78, 5) is 15.5. The van der Waals surface area contributed by atoms with Gasteiger partial charge in [-0.15, -0.1) is 5.10 Å². The summed E-state index contributed by atoms with van der Waals surface area (Å²) in [5.41, 5.74) is 0. The predicted molar refractivity (Wildman–Crippen MR) is 70.9 cm³/mol. The number of hydrogen-bond donors (Lipinski definition) is 2. The molecule has 0 saturated carbocycles. The number of aryl methyl sites for hydroxylation is 1. The van der Waals surface area contributed by atoms with Crippen LogP contribution in [0.2, 0.25) is 0 Å². The van der Waals surface area contributed by atoms with Gasteiger partial charge in [-0.3, -0.25) is 15.2 Å². The van der Waals surface area contributed by atoms with Crippen LogP contribution in [0.4, 0.5) is 10.3 Å². The number of aromatic nitrogens is 3. The lowest BCUT2D eigenvalue weighted by molar-refractivity contribution is -0.116. The number of anilines is 1. The van der Waals surface area contributed by atoms with Crippen LogP contribution in [-0.4, -0.2) is 27.7 Å². The van der Waals surface area contributed by atoms with Crippen LogP contribution in [0.5, 0.6) is 5.75 Å². The molecule has 106 valence electrons. The molecule has 1 aromatic heterocycles. The highest BCUT2D eigenvalue weighted by Crippen LogP contribution is 2.11. The van der Waals surface area contributed by atoms with Crippen molar-refractivity contribution in [3.05, 3.63) is 35.9 Å². The van der Waals surface area contributed by atoms with Crippen LogP contribution in [0, 0.1) is 12.7 Å². The average molecular weight is 278 g/mol. The van der Waals surface area contributed by atoms with Crippen molar-refractivity contribution in [2.75, 3.05) is 11.9 Å². The number of amides is 1. The Morgan fingerprint density at radius 1 is 1.40 bits per heavy atom. The second kappa shape index (κ2) is 6.65. The summed E-state index contributed by atoms with van der Waals surface area (Å²) in [6.45, 7) is 2.13. The van der Waals surface area contributed by atoms with Gasteiger partial charge in [0.15, 0.2) is 0 Å². The van der Waals surface area contributed by atoms with E-state index in [4.69, 9.17) is 4.74 Å². The number of nitrogens with one attached hydrogen (secondary N) is 2. The molecule has 7 heteroatoms. The summed E-state index contributed by atoms with van der Waals surface area (Å²) < 4.78 is 18.0. The lowest BCUT2D eigenvalue weighted by atomic mass is 10.3. The van der Waals surface area contributed by atoms with Crippen molar-refractivity contribution in [3.8, 4) is 5.75 Å². The van der Waals surface area contributed by atoms with E-state index in [9.17, 15) is 9.18 Å². The van der Waals surface area contributed by atoms with Gasteiger partial charge in [0, 0.05) is 6.42 Å². The van der Waals surface area contributed by atoms with Crippen molar-refractivity contribution >= 4 is 11.9 Å². The fraction of sp³-hybridized carbons (Fsp3) is 0.308. The molecule has 0 atom stereocenters. The summed E-state index contributed by atoms with van der Waals surface area (Å²) >= 11 is 0. The number of aromatic amines is 1. The van der Waals surface area contributed by atoms with E-state index in [1.807, 2.05) is 0 Å². The minimum atomic E-state index is -0.307. The van der Waals surface area contributed by atoms with E-state index < -0.39 is 0 Å². The SMILES string of the molecule is Cc1nc(NC(=O)CCCOc2ccc(F)cc2)n[nH]1. The number of ether oxygens (including phenoxy) is 1. The highest BCUT2D eigenvalue weighted by molar-refractivity contribution is 5.88. The fourth-order valence-electron chi connectivity index (χ4n) is 1.54. The van der Waals surface area contributed by atoms with E-state index in [2.05, 4.69) is 20.5 Å².